The van der Waals surface area contributed by atoms with Crippen molar-refractivity contribution in [2.24, 2.45) is 0 Å². The van der Waals surface area contributed by atoms with Gasteiger partial charge >= 0.3 is 5.97 Å². The first-order chi connectivity index (χ1) is 14.0. The third-order valence-corrected chi connectivity index (χ3v) is 4.46. The highest BCUT2D eigenvalue weighted by molar-refractivity contribution is 6.32. The van der Waals surface area contributed by atoms with E-state index in [1.807, 2.05) is 13.0 Å². The highest BCUT2D eigenvalue weighted by Crippen LogP contribution is 2.29. The van der Waals surface area contributed by atoms with E-state index in [1.165, 1.54) is 0 Å². The lowest BCUT2D eigenvalue weighted by Gasteiger charge is -2.11. The minimum absolute atomic E-state index is 0.225. The van der Waals surface area contributed by atoms with Crippen LogP contribution in [-0.2, 0) is 6.54 Å². The van der Waals surface area contributed by atoms with Crippen molar-refractivity contribution in [2.45, 2.75) is 13.5 Å². The highest BCUT2D eigenvalue weighted by atomic mass is 35.5. The predicted molar refractivity (Wildman–Crippen MR) is 109 cm³/mol. The molecule has 0 aliphatic heterocycles. The van der Waals surface area contributed by atoms with Crippen molar-refractivity contribution >= 4 is 17.6 Å². The molecule has 0 amide bonds. The van der Waals surface area contributed by atoms with Crippen molar-refractivity contribution in [1.29, 1.82) is 0 Å². The van der Waals surface area contributed by atoms with Gasteiger partial charge in [0.25, 0.3) is 0 Å². The van der Waals surface area contributed by atoms with Gasteiger partial charge in [0.15, 0.2) is 0 Å². The minimum atomic E-state index is -0.966. The maximum atomic E-state index is 11.0. The van der Waals surface area contributed by atoms with Crippen molar-refractivity contribution < 1.29 is 24.1 Å². The molecule has 0 unspecified atom stereocenters. The van der Waals surface area contributed by atoms with Crippen molar-refractivity contribution in [3.05, 3.63) is 59.1 Å². The van der Waals surface area contributed by atoms with Gasteiger partial charge in [-0.1, -0.05) is 23.7 Å². The number of benzene rings is 2. The summed E-state index contributed by atoms with van der Waals surface area (Å²) < 4.78 is 18.3. The first-order valence-electron chi connectivity index (χ1n) is 9.02. The summed E-state index contributed by atoms with van der Waals surface area (Å²) in [6.45, 7) is 3.18. The average molecular weight is 417 g/mol. The van der Waals surface area contributed by atoms with Crippen LogP contribution in [-0.4, -0.2) is 41.2 Å². The van der Waals surface area contributed by atoms with Gasteiger partial charge in [-0.3, -0.25) is 0 Å². The number of hydrogen-bond acceptors (Lipinski definition) is 5. The molecule has 0 aliphatic rings. The zero-order valence-corrected chi connectivity index (χ0v) is 16.8. The van der Waals surface area contributed by atoms with Gasteiger partial charge in [0.05, 0.1) is 36.5 Å². The fraction of sp³-hybridized carbons (Fsp3) is 0.238. The van der Waals surface area contributed by atoms with E-state index in [9.17, 15) is 4.79 Å². The number of aromatic nitrogens is 2. The molecule has 3 rings (SSSR count). The molecule has 0 atom stereocenters. The van der Waals surface area contributed by atoms with E-state index in [-0.39, 0.29) is 5.56 Å². The summed E-state index contributed by atoms with van der Waals surface area (Å²) in [4.78, 5) is 11.0. The Morgan fingerprint density at radius 1 is 1.14 bits per heavy atom. The Morgan fingerprint density at radius 3 is 2.52 bits per heavy atom. The van der Waals surface area contributed by atoms with Gasteiger partial charge in [-0.15, -0.1) is 0 Å². The average Bonchev–Trinajstić information content (AvgIpc) is 3.12. The van der Waals surface area contributed by atoms with E-state index >= 15 is 0 Å². The summed E-state index contributed by atoms with van der Waals surface area (Å²) in [5.74, 6) is 0.856. The minimum Gasteiger partial charge on any atom is -0.497 e. The van der Waals surface area contributed by atoms with Crippen LogP contribution in [0, 0.1) is 0 Å². The lowest BCUT2D eigenvalue weighted by molar-refractivity contribution is 0.0697. The number of halogens is 1. The summed E-state index contributed by atoms with van der Waals surface area (Å²) in [5, 5.41) is 14.1. The number of nitrogens with zero attached hydrogens (tertiary/aromatic N) is 2. The maximum absolute atomic E-state index is 11.0. The van der Waals surface area contributed by atoms with Crippen LogP contribution in [0.25, 0.3) is 11.3 Å². The quantitative estimate of drug-likeness (QED) is 0.557. The molecule has 8 heteroatoms. The summed E-state index contributed by atoms with van der Waals surface area (Å²) in [6, 6.07) is 13.6. The Kier molecular flexibility index (Phi) is 6.61. The number of carbonyl (C=O) groups is 1. The monoisotopic (exact) mass is 416 g/mol. The topological polar surface area (TPSA) is 82.8 Å². The van der Waals surface area contributed by atoms with E-state index in [2.05, 4.69) is 5.10 Å². The van der Waals surface area contributed by atoms with E-state index in [4.69, 9.17) is 30.9 Å². The van der Waals surface area contributed by atoms with E-state index in [0.29, 0.717) is 47.9 Å². The molecule has 0 fully saturated rings. The number of rotatable bonds is 9. The Balaban J connectivity index is 1.72. The second-order valence-corrected chi connectivity index (χ2v) is 6.46. The van der Waals surface area contributed by atoms with E-state index in [0.717, 1.165) is 5.56 Å². The summed E-state index contributed by atoms with van der Waals surface area (Å²) in [7, 11) is 1.58. The number of aromatic carboxylic acids is 1. The van der Waals surface area contributed by atoms with Crippen LogP contribution in [0.4, 0.5) is 0 Å². The zero-order valence-electron chi connectivity index (χ0n) is 16.1. The Morgan fingerprint density at radius 2 is 1.90 bits per heavy atom. The van der Waals surface area contributed by atoms with Crippen molar-refractivity contribution in [1.82, 2.24) is 9.78 Å². The van der Waals surface area contributed by atoms with E-state index < -0.39 is 5.97 Å². The standard InChI is InChI=1S/C21H21ClN2O5/c1-3-28-20-13-18(14-4-6-15(7-5-14)21(25)26)23-24(20)10-11-29-19-9-8-16(27-2)12-17(19)22/h4-9,12-13H,3,10-11H2,1-2H3,(H,25,26). The van der Waals surface area contributed by atoms with Crippen LogP contribution in [0.5, 0.6) is 17.4 Å². The molecule has 0 radical (unpaired) electrons. The van der Waals surface area contributed by atoms with Crippen LogP contribution < -0.4 is 14.2 Å². The SMILES string of the molecule is CCOc1cc(-c2ccc(C(=O)O)cc2)nn1CCOc1ccc(OC)cc1Cl. The lowest BCUT2D eigenvalue weighted by atomic mass is 10.1. The second-order valence-electron chi connectivity index (χ2n) is 6.05. The number of hydrogen-bond donors (Lipinski definition) is 1. The normalized spacial score (nSPS) is 10.6. The fourth-order valence-electron chi connectivity index (χ4n) is 2.72. The molecule has 0 saturated carbocycles. The molecule has 0 spiro atoms. The van der Waals surface area contributed by atoms with Crippen molar-refractivity contribution in [2.75, 3.05) is 20.3 Å². The molecule has 1 aromatic heterocycles. The number of carboxylic acid groups (broad SMARTS) is 1. The van der Waals surface area contributed by atoms with Gasteiger partial charge in [0.1, 0.15) is 18.1 Å². The van der Waals surface area contributed by atoms with Gasteiger partial charge < -0.3 is 19.3 Å². The summed E-state index contributed by atoms with van der Waals surface area (Å²) >= 11 is 6.20. The molecule has 29 heavy (non-hydrogen) atoms. The fourth-order valence-corrected chi connectivity index (χ4v) is 2.94. The van der Waals surface area contributed by atoms with Gasteiger partial charge in [-0.2, -0.15) is 5.10 Å². The predicted octanol–water partition coefficient (Wildman–Crippen LogP) is 4.39. The largest absolute Gasteiger partial charge is 0.497 e. The van der Waals surface area contributed by atoms with Gasteiger partial charge in [0, 0.05) is 17.7 Å². The van der Waals surface area contributed by atoms with Gasteiger partial charge in [-0.05, 0) is 31.2 Å². The first-order valence-corrected chi connectivity index (χ1v) is 9.40. The van der Waals surface area contributed by atoms with Crippen molar-refractivity contribution in [3.8, 4) is 28.6 Å². The second kappa shape index (κ2) is 9.34. The Bertz CT molecular complexity index is 985. The molecule has 2 aromatic carbocycles. The molecule has 0 bridgehead atoms. The smallest absolute Gasteiger partial charge is 0.335 e. The Hall–Kier alpha value is -3.19. The van der Waals surface area contributed by atoms with Crippen molar-refractivity contribution in [3.63, 3.8) is 0 Å². The van der Waals surface area contributed by atoms with Gasteiger partial charge in [-0.25, -0.2) is 9.48 Å². The molecular weight excluding hydrogens is 396 g/mol. The van der Waals surface area contributed by atoms with Crippen LogP contribution >= 0.6 is 11.6 Å². The lowest BCUT2D eigenvalue weighted by Crippen LogP contribution is -2.11. The van der Waals surface area contributed by atoms with E-state index in [1.54, 1.807) is 54.3 Å². The Labute approximate surface area is 173 Å². The third kappa shape index (κ3) is 5.00. The molecule has 1 N–H and O–H groups in total. The van der Waals surface area contributed by atoms with Gasteiger partial charge in [0.2, 0.25) is 5.88 Å². The molecule has 7 nitrogen and oxygen atoms in total. The number of methoxy groups -OCH3 is 1. The van der Waals surface area contributed by atoms with Crippen LogP contribution in [0.15, 0.2) is 48.5 Å². The van der Waals surface area contributed by atoms with Crippen LogP contribution in [0.1, 0.15) is 17.3 Å². The molecule has 3 aromatic rings. The zero-order chi connectivity index (χ0) is 20.8. The third-order valence-electron chi connectivity index (χ3n) is 4.16. The molecule has 0 aliphatic carbocycles. The molecule has 0 saturated heterocycles. The van der Waals surface area contributed by atoms with Crippen LogP contribution in [0.2, 0.25) is 5.02 Å². The first kappa shape index (κ1) is 20.5. The number of carboxylic acids is 1. The summed E-state index contributed by atoms with van der Waals surface area (Å²) in [5.41, 5.74) is 1.71. The summed E-state index contributed by atoms with van der Waals surface area (Å²) in [6.07, 6.45) is 0. The van der Waals surface area contributed by atoms with Crippen LogP contribution in [0.3, 0.4) is 0 Å². The molecule has 152 valence electrons. The highest BCUT2D eigenvalue weighted by Gasteiger charge is 2.12. The molecule has 1 heterocycles. The number of ether oxygens (including phenoxy) is 3. The molecular formula is C21H21ClN2O5. The maximum Gasteiger partial charge on any atom is 0.335 e.